The van der Waals surface area contributed by atoms with Crippen molar-refractivity contribution in [2.75, 3.05) is 0 Å². The molecule has 0 spiro atoms. The van der Waals surface area contributed by atoms with Gasteiger partial charge in [-0.1, -0.05) is 6.42 Å². The van der Waals surface area contributed by atoms with Crippen LogP contribution in [0.2, 0.25) is 0 Å². The molecule has 1 aromatic heterocycles. The van der Waals surface area contributed by atoms with Gasteiger partial charge in [-0.3, -0.25) is 4.68 Å². The molecule has 5 heteroatoms. The molecule has 1 aliphatic rings. The fraction of sp³-hybridized carbons (Fsp3) is 0.667. The number of hydrogen-bond donors (Lipinski definition) is 2. The van der Waals surface area contributed by atoms with Crippen LogP contribution in [0.4, 0.5) is 0 Å². The smallest absolute Gasteiger partial charge is 0.356 e. The molecule has 0 aromatic carbocycles. The van der Waals surface area contributed by atoms with Gasteiger partial charge in [0.25, 0.3) is 0 Å². The van der Waals surface area contributed by atoms with E-state index in [0.717, 1.165) is 5.69 Å². The van der Waals surface area contributed by atoms with Crippen LogP contribution in [0.15, 0.2) is 6.07 Å². The number of nitrogens with one attached hydrogen (secondary N) is 1. The Bertz CT molecular complexity index is 408. The van der Waals surface area contributed by atoms with Crippen LogP contribution < -0.4 is 5.32 Å². The van der Waals surface area contributed by atoms with Crippen molar-refractivity contribution < 1.29 is 9.90 Å². The van der Waals surface area contributed by atoms with Gasteiger partial charge in [0.15, 0.2) is 5.69 Å². The Morgan fingerprint density at radius 2 is 2.35 bits per heavy atom. The van der Waals surface area contributed by atoms with Gasteiger partial charge in [0, 0.05) is 18.6 Å². The topological polar surface area (TPSA) is 67.2 Å². The SMILES string of the molecule is CC(C)n1nc(C(=O)O)cc1CNC1CCC1. The molecule has 0 radical (unpaired) electrons. The maximum absolute atomic E-state index is 10.9. The molecular weight excluding hydrogens is 218 g/mol. The Kier molecular flexibility index (Phi) is 3.47. The fourth-order valence-corrected chi connectivity index (χ4v) is 1.98. The zero-order valence-corrected chi connectivity index (χ0v) is 10.3. The molecule has 2 rings (SSSR count). The number of carboxylic acid groups (broad SMARTS) is 1. The summed E-state index contributed by atoms with van der Waals surface area (Å²) in [6, 6.07) is 2.44. The highest BCUT2D eigenvalue weighted by atomic mass is 16.4. The molecule has 0 aliphatic heterocycles. The third kappa shape index (κ3) is 2.66. The molecule has 0 amide bonds. The Morgan fingerprint density at radius 1 is 1.65 bits per heavy atom. The molecule has 5 nitrogen and oxygen atoms in total. The van der Waals surface area contributed by atoms with E-state index < -0.39 is 5.97 Å². The number of aromatic carboxylic acids is 1. The first-order chi connectivity index (χ1) is 8.08. The number of rotatable bonds is 5. The molecule has 0 atom stereocenters. The van der Waals surface area contributed by atoms with E-state index >= 15 is 0 Å². The summed E-state index contributed by atoms with van der Waals surface area (Å²) in [4.78, 5) is 10.9. The van der Waals surface area contributed by atoms with Crippen LogP contribution in [0, 0.1) is 0 Å². The maximum Gasteiger partial charge on any atom is 0.356 e. The van der Waals surface area contributed by atoms with Gasteiger partial charge in [0.2, 0.25) is 0 Å². The quantitative estimate of drug-likeness (QED) is 0.819. The van der Waals surface area contributed by atoms with Gasteiger partial charge in [-0.25, -0.2) is 4.79 Å². The van der Waals surface area contributed by atoms with Gasteiger partial charge in [0.05, 0.1) is 5.69 Å². The van der Waals surface area contributed by atoms with Gasteiger partial charge in [-0.05, 0) is 32.8 Å². The van der Waals surface area contributed by atoms with Gasteiger partial charge < -0.3 is 10.4 Å². The average molecular weight is 237 g/mol. The minimum Gasteiger partial charge on any atom is -0.476 e. The Morgan fingerprint density at radius 3 is 2.82 bits per heavy atom. The van der Waals surface area contributed by atoms with Gasteiger partial charge in [-0.2, -0.15) is 5.10 Å². The summed E-state index contributed by atoms with van der Waals surface area (Å²) in [7, 11) is 0. The molecule has 0 bridgehead atoms. The molecular formula is C12H19N3O2. The van der Waals surface area contributed by atoms with Crippen LogP contribution in [-0.2, 0) is 6.54 Å². The lowest BCUT2D eigenvalue weighted by molar-refractivity contribution is 0.0689. The predicted octanol–water partition coefficient (Wildman–Crippen LogP) is 1.80. The van der Waals surface area contributed by atoms with E-state index in [1.165, 1.54) is 19.3 Å². The highest BCUT2D eigenvalue weighted by Gasteiger charge is 2.19. The highest BCUT2D eigenvalue weighted by molar-refractivity contribution is 5.85. The van der Waals surface area contributed by atoms with Crippen molar-refractivity contribution in [2.45, 2.75) is 51.7 Å². The largest absolute Gasteiger partial charge is 0.476 e. The van der Waals surface area contributed by atoms with Gasteiger partial charge in [-0.15, -0.1) is 0 Å². The Hall–Kier alpha value is -1.36. The molecule has 1 aromatic rings. The number of aromatic nitrogens is 2. The van der Waals surface area contributed by atoms with Crippen LogP contribution >= 0.6 is 0 Å². The summed E-state index contributed by atoms with van der Waals surface area (Å²) in [6.45, 7) is 4.71. The predicted molar refractivity (Wildman–Crippen MR) is 64.1 cm³/mol. The molecule has 1 fully saturated rings. The third-order valence-corrected chi connectivity index (χ3v) is 3.20. The van der Waals surface area contributed by atoms with Crippen molar-refractivity contribution in [3.05, 3.63) is 17.5 Å². The molecule has 2 N–H and O–H groups in total. The summed E-state index contributed by atoms with van der Waals surface area (Å²) in [5.41, 5.74) is 1.08. The van der Waals surface area contributed by atoms with Gasteiger partial charge in [0.1, 0.15) is 0 Å². The van der Waals surface area contributed by atoms with E-state index in [1.807, 2.05) is 13.8 Å². The van der Waals surface area contributed by atoms with E-state index in [4.69, 9.17) is 5.11 Å². The van der Waals surface area contributed by atoms with Crippen molar-refractivity contribution in [1.29, 1.82) is 0 Å². The van der Waals surface area contributed by atoms with Crippen molar-refractivity contribution in [3.8, 4) is 0 Å². The summed E-state index contributed by atoms with van der Waals surface area (Å²) in [5, 5.41) is 16.5. The summed E-state index contributed by atoms with van der Waals surface area (Å²) >= 11 is 0. The molecule has 1 saturated carbocycles. The van der Waals surface area contributed by atoms with Crippen molar-refractivity contribution in [1.82, 2.24) is 15.1 Å². The Labute approximate surface area is 101 Å². The summed E-state index contributed by atoms with van der Waals surface area (Å²) in [6.07, 6.45) is 3.74. The van der Waals surface area contributed by atoms with Crippen LogP contribution in [0.1, 0.15) is 55.3 Å². The molecule has 0 saturated heterocycles. The van der Waals surface area contributed by atoms with E-state index in [2.05, 4.69) is 10.4 Å². The van der Waals surface area contributed by atoms with Crippen LogP contribution in [0.25, 0.3) is 0 Å². The number of hydrogen-bond acceptors (Lipinski definition) is 3. The first-order valence-electron chi connectivity index (χ1n) is 6.13. The summed E-state index contributed by atoms with van der Waals surface area (Å²) < 4.78 is 1.79. The van der Waals surface area contributed by atoms with Crippen LogP contribution in [-0.4, -0.2) is 26.9 Å². The third-order valence-electron chi connectivity index (χ3n) is 3.20. The van der Waals surface area contributed by atoms with E-state index in [1.54, 1.807) is 10.7 Å². The second kappa shape index (κ2) is 4.87. The molecule has 1 aliphatic carbocycles. The zero-order valence-electron chi connectivity index (χ0n) is 10.3. The minimum absolute atomic E-state index is 0.129. The standard InChI is InChI=1S/C12H19N3O2/c1-8(2)15-10(6-11(14-15)12(16)17)7-13-9-4-3-5-9/h6,8-9,13H,3-5,7H2,1-2H3,(H,16,17). The lowest BCUT2D eigenvalue weighted by Gasteiger charge is -2.26. The number of carboxylic acids is 1. The lowest BCUT2D eigenvalue weighted by atomic mass is 9.93. The van der Waals surface area contributed by atoms with Gasteiger partial charge >= 0.3 is 5.97 Å². The lowest BCUT2D eigenvalue weighted by Crippen LogP contribution is -2.35. The number of carbonyl (C=O) groups is 1. The fourth-order valence-electron chi connectivity index (χ4n) is 1.98. The second-order valence-electron chi connectivity index (χ2n) is 4.87. The molecule has 17 heavy (non-hydrogen) atoms. The molecule has 0 unspecified atom stereocenters. The van der Waals surface area contributed by atoms with E-state index in [-0.39, 0.29) is 11.7 Å². The first kappa shape index (κ1) is 12.1. The average Bonchev–Trinajstić information content (AvgIpc) is 2.59. The monoisotopic (exact) mass is 237 g/mol. The van der Waals surface area contributed by atoms with Crippen molar-refractivity contribution in [2.24, 2.45) is 0 Å². The van der Waals surface area contributed by atoms with Crippen LogP contribution in [0.5, 0.6) is 0 Å². The van der Waals surface area contributed by atoms with Crippen LogP contribution in [0.3, 0.4) is 0 Å². The minimum atomic E-state index is -0.964. The molecule has 1 heterocycles. The maximum atomic E-state index is 10.9. The highest BCUT2D eigenvalue weighted by Crippen LogP contribution is 2.19. The van der Waals surface area contributed by atoms with E-state index in [9.17, 15) is 4.79 Å². The van der Waals surface area contributed by atoms with Crippen molar-refractivity contribution in [3.63, 3.8) is 0 Å². The normalized spacial score (nSPS) is 16.2. The first-order valence-corrected chi connectivity index (χ1v) is 6.13. The Balaban J connectivity index is 2.09. The van der Waals surface area contributed by atoms with E-state index in [0.29, 0.717) is 12.6 Å². The second-order valence-corrected chi connectivity index (χ2v) is 4.87. The number of nitrogens with zero attached hydrogens (tertiary/aromatic N) is 2. The van der Waals surface area contributed by atoms with Crippen molar-refractivity contribution >= 4 is 5.97 Å². The molecule has 94 valence electrons. The zero-order chi connectivity index (χ0) is 12.4. The summed E-state index contributed by atoms with van der Waals surface area (Å²) in [5.74, 6) is -0.964.